The van der Waals surface area contributed by atoms with Crippen molar-refractivity contribution >= 4 is 23.0 Å². The third-order valence-electron chi connectivity index (χ3n) is 3.77. The predicted molar refractivity (Wildman–Crippen MR) is 82.6 cm³/mol. The summed E-state index contributed by atoms with van der Waals surface area (Å²) >= 11 is 6.38. The SMILES string of the molecule is CCCCN1c2ccccc2Cc2c(Cl)cccc21. The first-order chi connectivity index (χ1) is 9.31. The number of anilines is 2. The molecule has 3 rings (SSSR count). The lowest BCUT2D eigenvalue weighted by molar-refractivity contribution is 0.776. The summed E-state index contributed by atoms with van der Waals surface area (Å²) in [6.45, 7) is 3.29. The number of unbranched alkanes of at least 4 members (excludes halogenated alkanes) is 1. The molecule has 19 heavy (non-hydrogen) atoms. The van der Waals surface area contributed by atoms with Gasteiger partial charge >= 0.3 is 0 Å². The summed E-state index contributed by atoms with van der Waals surface area (Å²) in [4.78, 5) is 2.42. The fraction of sp³-hybridized carbons (Fsp3) is 0.294. The maximum atomic E-state index is 6.38. The number of para-hydroxylation sites is 1. The summed E-state index contributed by atoms with van der Waals surface area (Å²) in [6, 6.07) is 14.9. The molecule has 0 aliphatic carbocycles. The van der Waals surface area contributed by atoms with Gasteiger partial charge in [0.1, 0.15) is 0 Å². The summed E-state index contributed by atoms with van der Waals surface area (Å²) in [5.74, 6) is 0. The Hall–Kier alpha value is -1.47. The van der Waals surface area contributed by atoms with E-state index in [0.717, 1.165) is 18.0 Å². The Bertz CT molecular complexity index is 592. The van der Waals surface area contributed by atoms with Gasteiger partial charge in [0, 0.05) is 29.4 Å². The summed E-state index contributed by atoms with van der Waals surface area (Å²) in [5.41, 5.74) is 5.25. The standard InChI is InChI=1S/C17H18ClN/c1-2-3-11-19-16-9-5-4-7-13(16)12-14-15(18)8-6-10-17(14)19/h4-10H,2-3,11-12H2,1H3. The average molecular weight is 272 g/mol. The Morgan fingerprint density at radius 2 is 1.84 bits per heavy atom. The molecule has 0 fully saturated rings. The monoisotopic (exact) mass is 271 g/mol. The molecule has 0 unspecified atom stereocenters. The van der Waals surface area contributed by atoms with E-state index in [1.807, 2.05) is 12.1 Å². The normalized spacial score (nSPS) is 13.1. The minimum Gasteiger partial charge on any atom is -0.341 e. The van der Waals surface area contributed by atoms with Crippen LogP contribution in [0.2, 0.25) is 5.02 Å². The summed E-state index contributed by atoms with van der Waals surface area (Å²) in [5, 5.41) is 0.883. The number of hydrogen-bond donors (Lipinski definition) is 0. The number of fused-ring (bicyclic) bond motifs is 2. The highest BCUT2D eigenvalue weighted by atomic mass is 35.5. The van der Waals surface area contributed by atoms with Crippen LogP contribution < -0.4 is 4.90 Å². The molecule has 0 bridgehead atoms. The summed E-state index contributed by atoms with van der Waals surface area (Å²) in [7, 11) is 0. The smallest absolute Gasteiger partial charge is 0.0462 e. The highest BCUT2D eigenvalue weighted by molar-refractivity contribution is 6.31. The molecule has 0 saturated carbocycles. The molecule has 2 aromatic rings. The molecule has 1 aliphatic heterocycles. The molecule has 0 saturated heterocycles. The Morgan fingerprint density at radius 3 is 2.68 bits per heavy atom. The van der Waals surface area contributed by atoms with Gasteiger partial charge in [-0.1, -0.05) is 49.2 Å². The second-order valence-electron chi connectivity index (χ2n) is 5.05. The van der Waals surface area contributed by atoms with E-state index < -0.39 is 0 Å². The Balaban J connectivity index is 2.10. The second-order valence-corrected chi connectivity index (χ2v) is 5.46. The molecular weight excluding hydrogens is 254 g/mol. The summed E-state index contributed by atoms with van der Waals surface area (Å²) in [6.07, 6.45) is 3.34. The first-order valence-corrected chi connectivity index (χ1v) is 7.32. The van der Waals surface area contributed by atoms with E-state index in [4.69, 9.17) is 11.6 Å². The van der Waals surface area contributed by atoms with E-state index in [9.17, 15) is 0 Å². The predicted octanol–water partition coefficient (Wildman–Crippen LogP) is 5.18. The van der Waals surface area contributed by atoms with E-state index in [-0.39, 0.29) is 0 Å². The number of halogens is 1. The molecule has 98 valence electrons. The van der Waals surface area contributed by atoms with E-state index in [1.54, 1.807) is 0 Å². The van der Waals surface area contributed by atoms with Crippen LogP contribution in [0.15, 0.2) is 42.5 Å². The highest BCUT2D eigenvalue weighted by Gasteiger charge is 2.23. The Labute approximate surface area is 119 Å². The van der Waals surface area contributed by atoms with Gasteiger partial charge in [-0.3, -0.25) is 0 Å². The zero-order valence-corrected chi connectivity index (χ0v) is 12.0. The molecule has 0 radical (unpaired) electrons. The van der Waals surface area contributed by atoms with Crippen LogP contribution in [0.25, 0.3) is 0 Å². The lowest BCUT2D eigenvalue weighted by atomic mass is 9.95. The van der Waals surface area contributed by atoms with E-state index in [2.05, 4.69) is 42.2 Å². The maximum absolute atomic E-state index is 6.38. The first kappa shape index (κ1) is 12.6. The van der Waals surface area contributed by atoms with Crippen LogP contribution in [0, 0.1) is 0 Å². The molecule has 0 aromatic heterocycles. The molecule has 0 amide bonds. The van der Waals surface area contributed by atoms with Gasteiger partial charge in [0.25, 0.3) is 0 Å². The van der Waals surface area contributed by atoms with E-state index in [0.29, 0.717) is 0 Å². The number of benzene rings is 2. The highest BCUT2D eigenvalue weighted by Crippen LogP contribution is 2.41. The van der Waals surface area contributed by atoms with Gasteiger partial charge in [-0.25, -0.2) is 0 Å². The van der Waals surface area contributed by atoms with Crippen molar-refractivity contribution in [1.29, 1.82) is 0 Å². The van der Waals surface area contributed by atoms with Crippen LogP contribution in [0.1, 0.15) is 30.9 Å². The van der Waals surface area contributed by atoms with Crippen molar-refractivity contribution in [3.63, 3.8) is 0 Å². The van der Waals surface area contributed by atoms with Crippen molar-refractivity contribution in [3.8, 4) is 0 Å². The van der Waals surface area contributed by atoms with Crippen LogP contribution in [-0.2, 0) is 6.42 Å². The van der Waals surface area contributed by atoms with E-state index >= 15 is 0 Å². The molecule has 1 aliphatic rings. The van der Waals surface area contributed by atoms with Gasteiger partial charge in [-0.15, -0.1) is 0 Å². The molecule has 0 N–H and O–H groups in total. The largest absolute Gasteiger partial charge is 0.341 e. The molecular formula is C17H18ClN. The molecule has 0 spiro atoms. The second kappa shape index (κ2) is 5.26. The topological polar surface area (TPSA) is 3.24 Å². The third kappa shape index (κ3) is 2.23. The minimum absolute atomic E-state index is 0.883. The van der Waals surface area contributed by atoms with Crippen molar-refractivity contribution in [2.75, 3.05) is 11.4 Å². The van der Waals surface area contributed by atoms with Crippen LogP contribution >= 0.6 is 11.6 Å². The van der Waals surface area contributed by atoms with Gasteiger partial charge < -0.3 is 4.90 Å². The molecule has 2 aromatic carbocycles. The van der Waals surface area contributed by atoms with Gasteiger partial charge in [0.2, 0.25) is 0 Å². The molecule has 2 heteroatoms. The third-order valence-corrected chi connectivity index (χ3v) is 4.12. The van der Waals surface area contributed by atoms with Gasteiger partial charge in [0.05, 0.1) is 0 Å². The van der Waals surface area contributed by atoms with Gasteiger partial charge in [-0.2, -0.15) is 0 Å². The molecule has 1 nitrogen and oxygen atoms in total. The minimum atomic E-state index is 0.883. The fourth-order valence-electron chi connectivity index (χ4n) is 2.78. The fourth-order valence-corrected chi connectivity index (χ4v) is 3.01. The first-order valence-electron chi connectivity index (χ1n) is 6.94. The Kier molecular flexibility index (Phi) is 3.48. The maximum Gasteiger partial charge on any atom is 0.0462 e. The number of hydrogen-bond acceptors (Lipinski definition) is 1. The lowest BCUT2D eigenvalue weighted by Gasteiger charge is -2.33. The van der Waals surface area contributed by atoms with Crippen molar-refractivity contribution < 1.29 is 0 Å². The molecule has 0 atom stereocenters. The average Bonchev–Trinajstić information content (AvgIpc) is 2.44. The quantitative estimate of drug-likeness (QED) is 0.743. The van der Waals surface area contributed by atoms with Crippen LogP contribution in [-0.4, -0.2) is 6.54 Å². The van der Waals surface area contributed by atoms with Crippen molar-refractivity contribution in [2.45, 2.75) is 26.2 Å². The van der Waals surface area contributed by atoms with Crippen LogP contribution in [0.5, 0.6) is 0 Å². The lowest BCUT2D eigenvalue weighted by Crippen LogP contribution is -2.24. The van der Waals surface area contributed by atoms with Crippen molar-refractivity contribution in [2.24, 2.45) is 0 Å². The van der Waals surface area contributed by atoms with Crippen molar-refractivity contribution in [3.05, 3.63) is 58.6 Å². The van der Waals surface area contributed by atoms with Gasteiger partial charge in [0.15, 0.2) is 0 Å². The van der Waals surface area contributed by atoms with Crippen LogP contribution in [0.4, 0.5) is 11.4 Å². The van der Waals surface area contributed by atoms with E-state index in [1.165, 1.54) is 35.3 Å². The molecule has 1 heterocycles. The zero-order chi connectivity index (χ0) is 13.2. The van der Waals surface area contributed by atoms with Gasteiger partial charge in [-0.05, 0) is 35.7 Å². The zero-order valence-electron chi connectivity index (χ0n) is 11.2. The van der Waals surface area contributed by atoms with Crippen LogP contribution in [0.3, 0.4) is 0 Å². The Morgan fingerprint density at radius 1 is 1.05 bits per heavy atom. The number of nitrogens with zero attached hydrogens (tertiary/aromatic N) is 1. The number of rotatable bonds is 3. The van der Waals surface area contributed by atoms with Crippen molar-refractivity contribution in [1.82, 2.24) is 0 Å². The summed E-state index contributed by atoms with van der Waals surface area (Å²) < 4.78 is 0.